The smallest absolute Gasteiger partial charge is 0.317 e. The second kappa shape index (κ2) is 8.45. The van der Waals surface area contributed by atoms with Crippen molar-refractivity contribution >= 4 is 6.03 Å². The number of rotatable bonds is 4. The predicted octanol–water partition coefficient (Wildman–Crippen LogP) is 2.90. The largest absolute Gasteiger partial charge is 0.339 e. The second-order valence-corrected chi connectivity index (χ2v) is 7.44. The number of hydrogen-bond donors (Lipinski definition) is 2. The molecule has 29 heavy (non-hydrogen) atoms. The lowest BCUT2D eigenvalue weighted by Crippen LogP contribution is -2.50. The molecule has 1 aromatic carbocycles. The van der Waals surface area contributed by atoms with Crippen LogP contribution in [-0.4, -0.2) is 64.0 Å². The van der Waals surface area contributed by atoms with Gasteiger partial charge in [-0.15, -0.1) is 0 Å². The number of carbonyl (C=O) groups excluding carboxylic acids is 1. The molecule has 3 heterocycles. The minimum absolute atomic E-state index is 0.0502. The van der Waals surface area contributed by atoms with Gasteiger partial charge in [-0.1, -0.05) is 35.9 Å². The molecule has 0 spiro atoms. The third-order valence-corrected chi connectivity index (χ3v) is 5.20. The van der Waals surface area contributed by atoms with Crippen LogP contribution in [0.15, 0.2) is 48.7 Å². The fourth-order valence-electron chi connectivity index (χ4n) is 3.40. The number of pyridine rings is 1. The highest BCUT2D eigenvalue weighted by Crippen LogP contribution is 2.29. The van der Waals surface area contributed by atoms with E-state index in [1.165, 1.54) is 5.56 Å². The number of H-pyrrole nitrogens is 1. The molecule has 1 saturated heterocycles. The summed E-state index contributed by atoms with van der Waals surface area (Å²) in [5.74, 6) is 0.712. The van der Waals surface area contributed by atoms with Crippen molar-refractivity contribution in [2.45, 2.75) is 13.5 Å². The topological polar surface area (TPSA) is 77.2 Å². The van der Waals surface area contributed by atoms with Gasteiger partial charge in [-0.2, -0.15) is 0 Å². The van der Waals surface area contributed by atoms with Crippen LogP contribution in [0.5, 0.6) is 0 Å². The number of nitrogens with one attached hydrogen (secondary N) is 2. The molecule has 7 heteroatoms. The number of likely N-dealkylation sites (N-methyl/N-ethyl adjacent to an activating group) is 1. The van der Waals surface area contributed by atoms with Crippen LogP contribution < -0.4 is 5.32 Å². The average Bonchev–Trinajstić information content (AvgIpc) is 3.18. The third kappa shape index (κ3) is 4.46. The summed E-state index contributed by atoms with van der Waals surface area (Å²) in [6, 6.07) is 14.0. The van der Waals surface area contributed by atoms with E-state index in [4.69, 9.17) is 4.98 Å². The molecule has 0 saturated carbocycles. The van der Waals surface area contributed by atoms with Gasteiger partial charge < -0.3 is 20.1 Å². The number of urea groups is 1. The Bertz CT molecular complexity index is 959. The van der Waals surface area contributed by atoms with Gasteiger partial charge in [0.05, 0.1) is 23.6 Å². The molecule has 2 N–H and O–H groups in total. The van der Waals surface area contributed by atoms with E-state index in [1.807, 2.05) is 23.1 Å². The Morgan fingerprint density at radius 2 is 1.86 bits per heavy atom. The lowest BCUT2D eigenvalue weighted by atomic mass is 10.1. The normalized spacial score (nSPS) is 14.8. The van der Waals surface area contributed by atoms with Gasteiger partial charge in [-0.3, -0.25) is 4.98 Å². The molecule has 3 aromatic rings. The van der Waals surface area contributed by atoms with Gasteiger partial charge in [0.25, 0.3) is 0 Å². The van der Waals surface area contributed by atoms with Crippen LogP contribution in [0.1, 0.15) is 11.4 Å². The molecule has 0 bridgehead atoms. The van der Waals surface area contributed by atoms with Gasteiger partial charge in [-0.05, 0) is 26.1 Å². The zero-order valence-electron chi connectivity index (χ0n) is 16.9. The van der Waals surface area contributed by atoms with Gasteiger partial charge in [-0.25, -0.2) is 9.78 Å². The number of amides is 2. The summed E-state index contributed by atoms with van der Waals surface area (Å²) in [6.45, 7) is 5.69. The molecule has 1 aliphatic rings. The van der Waals surface area contributed by atoms with Crippen LogP contribution >= 0.6 is 0 Å². The highest BCUT2D eigenvalue weighted by atomic mass is 16.2. The summed E-state index contributed by atoms with van der Waals surface area (Å²) in [6.07, 6.45) is 1.77. The van der Waals surface area contributed by atoms with E-state index in [0.717, 1.165) is 48.8 Å². The summed E-state index contributed by atoms with van der Waals surface area (Å²) < 4.78 is 0. The molecule has 2 amide bonds. The lowest BCUT2D eigenvalue weighted by Gasteiger charge is -2.32. The molecular weight excluding hydrogens is 364 g/mol. The first kappa shape index (κ1) is 19.1. The molecule has 7 nitrogen and oxygen atoms in total. The number of carbonyl (C=O) groups is 1. The molecule has 0 aliphatic carbocycles. The standard InChI is InChI=1S/C22H26N6O/c1-16-6-8-17(9-7-16)20-21(18-5-3-4-10-23-18)26-19(25-20)15-24-22(29)28-13-11-27(2)12-14-28/h3-10H,11-15H2,1-2H3,(H,24,29)(H,25,26). The van der Waals surface area contributed by atoms with E-state index < -0.39 is 0 Å². The third-order valence-electron chi connectivity index (χ3n) is 5.20. The summed E-state index contributed by atoms with van der Waals surface area (Å²) in [5.41, 5.74) is 4.74. The first-order valence-corrected chi connectivity index (χ1v) is 9.89. The fourth-order valence-corrected chi connectivity index (χ4v) is 3.40. The fraction of sp³-hybridized carbons (Fsp3) is 0.318. The van der Waals surface area contributed by atoms with Crippen molar-refractivity contribution in [3.05, 3.63) is 60.0 Å². The van der Waals surface area contributed by atoms with Crippen molar-refractivity contribution in [3.63, 3.8) is 0 Å². The van der Waals surface area contributed by atoms with Crippen LogP contribution in [0.2, 0.25) is 0 Å². The van der Waals surface area contributed by atoms with Crippen LogP contribution in [-0.2, 0) is 6.54 Å². The molecule has 150 valence electrons. The maximum Gasteiger partial charge on any atom is 0.317 e. The predicted molar refractivity (Wildman–Crippen MR) is 113 cm³/mol. The maximum atomic E-state index is 12.5. The Morgan fingerprint density at radius 1 is 1.10 bits per heavy atom. The Kier molecular flexibility index (Phi) is 5.57. The Hall–Kier alpha value is -3.19. The maximum absolute atomic E-state index is 12.5. The SMILES string of the molecule is Cc1ccc(-c2nc(CNC(=O)N3CCN(C)CC3)[nH]c2-c2ccccn2)cc1. The Balaban J connectivity index is 1.55. The first-order chi connectivity index (χ1) is 14.1. The van der Waals surface area contributed by atoms with Gasteiger partial charge in [0.1, 0.15) is 5.82 Å². The molecule has 2 aromatic heterocycles. The van der Waals surface area contributed by atoms with Crippen LogP contribution in [0.3, 0.4) is 0 Å². The molecule has 4 rings (SSSR count). The van der Waals surface area contributed by atoms with Gasteiger partial charge in [0, 0.05) is 37.9 Å². The molecule has 1 fully saturated rings. The van der Waals surface area contributed by atoms with Crippen LogP contribution in [0.25, 0.3) is 22.6 Å². The van der Waals surface area contributed by atoms with Crippen molar-refractivity contribution in [2.24, 2.45) is 0 Å². The number of piperazine rings is 1. The van der Waals surface area contributed by atoms with E-state index in [1.54, 1.807) is 6.20 Å². The number of nitrogens with zero attached hydrogens (tertiary/aromatic N) is 4. The van der Waals surface area contributed by atoms with Crippen molar-refractivity contribution in [3.8, 4) is 22.6 Å². The molecule has 0 unspecified atom stereocenters. The van der Waals surface area contributed by atoms with Crippen molar-refractivity contribution < 1.29 is 4.79 Å². The number of aromatic amines is 1. The quantitative estimate of drug-likeness (QED) is 0.718. The second-order valence-electron chi connectivity index (χ2n) is 7.44. The van der Waals surface area contributed by atoms with E-state index in [9.17, 15) is 4.79 Å². The molecule has 0 atom stereocenters. The number of aromatic nitrogens is 3. The number of imidazole rings is 1. The highest BCUT2D eigenvalue weighted by Gasteiger charge is 2.20. The van der Waals surface area contributed by atoms with E-state index in [0.29, 0.717) is 12.4 Å². The first-order valence-electron chi connectivity index (χ1n) is 9.89. The van der Waals surface area contributed by atoms with Crippen LogP contribution in [0, 0.1) is 6.92 Å². The van der Waals surface area contributed by atoms with Crippen molar-refractivity contribution in [1.29, 1.82) is 0 Å². The minimum Gasteiger partial charge on any atom is -0.339 e. The van der Waals surface area contributed by atoms with E-state index >= 15 is 0 Å². The van der Waals surface area contributed by atoms with Crippen LogP contribution in [0.4, 0.5) is 4.79 Å². The minimum atomic E-state index is -0.0502. The van der Waals surface area contributed by atoms with E-state index in [2.05, 4.69) is 58.4 Å². The summed E-state index contributed by atoms with van der Waals surface area (Å²) in [5, 5.41) is 2.99. The van der Waals surface area contributed by atoms with Gasteiger partial charge >= 0.3 is 6.03 Å². The molecule has 1 aliphatic heterocycles. The highest BCUT2D eigenvalue weighted by molar-refractivity contribution is 5.77. The zero-order chi connectivity index (χ0) is 20.2. The summed E-state index contributed by atoms with van der Waals surface area (Å²) in [7, 11) is 2.07. The number of benzene rings is 1. The Morgan fingerprint density at radius 3 is 2.55 bits per heavy atom. The average molecular weight is 390 g/mol. The Labute approximate surface area is 170 Å². The van der Waals surface area contributed by atoms with Crippen molar-refractivity contribution in [2.75, 3.05) is 33.2 Å². The summed E-state index contributed by atoms with van der Waals surface area (Å²) in [4.78, 5) is 29.2. The summed E-state index contributed by atoms with van der Waals surface area (Å²) >= 11 is 0. The monoisotopic (exact) mass is 390 g/mol. The van der Waals surface area contributed by atoms with E-state index in [-0.39, 0.29) is 6.03 Å². The zero-order valence-corrected chi connectivity index (χ0v) is 16.9. The van der Waals surface area contributed by atoms with Crippen molar-refractivity contribution in [1.82, 2.24) is 30.1 Å². The molecular formula is C22H26N6O. The lowest BCUT2D eigenvalue weighted by molar-refractivity contribution is 0.154. The number of aryl methyl sites for hydroxylation is 1. The molecule has 0 radical (unpaired) electrons. The van der Waals surface area contributed by atoms with Gasteiger partial charge in [0.15, 0.2) is 0 Å². The van der Waals surface area contributed by atoms with Gasteiger partial charge in [0.2, 0.25) is 0 Å². The number of hydrogen-bond acceptors (Lipinski definition) is 4.